The van der Waals surface area contributed by atoms with Crippen LogP contribution in [0.5, 0.6) is 11.5 Å². The summed E-state index contributed by atoms with van der Waals surface area (Å²) in [5.74, 6) is 1.06. The van der Waals surface area contributed by atoms with Gasteiger partial charge in [0, 0.05) is 10.5 Å². The minimum Gasteiger partial charge on any atom is -0.457 e. The van der Waals surface area contributed by atoms with Crippen LogP contribution < -0.4 is 10.5 Å². The Morgan fingerprint density at radius 3 is 2.53 bits per heavy atom. The Morgan fingerprint density at radius 1 is 1.21 bits per heavy atom. The van der Waals surface area contributed by atoms with Gasteiger partial charge in [-0.2, -0.15) is 0 Å². The fourth-order valence-corrected chi connectivity index (χ4v) is 2.11. The van der Waals surface area contributed by atoms with Gasteiger partial charge in [-0.1, -0.05) is 22.0 Å². The molecule has 0 aromatic heterocycles. The van der Waals surface area contributed by atoms with Crippen molar-refractivity contribution in [3.8, 4) is 11.5 Å². The first kappa shape index (κ1) is 14.0. The van der Waals surface area contributed by atoms with E-state index in [-0.39, 0.29) is 11.9 Å². The molecule has 0 saturated carbocycles. The number of ether oxygens (including phenoxy) is 1. The van der Waals surface area contributed by atoms with E-state index in [1.165, 1.54) is 12.1 Å². The molecule has 2 aromatic carbocycles. The maximum atomic E-state index is 12.9. The maximum absolute atomic E-state index is 12.9. The standard InChI is InChI=1S/C15H15BrFNO/c1-10(18)8-11-2-3-12(16)9-15(11)19-14-6-4-13(17)5-7-14/h2-7,9-10H,8,18H2,1H3. The third-order valence-corrected chi connectivity index (χ3v) is 3.11. The number of benzene rings is 2. The van der Waals surface area contributed by atoms with E-state index in [2.05, 4.69) is 15.9 Å². The molecular formula is C15H15BrFNO. The normalized spacial score (nSPS) is 12.2. The van der Waals surface area contributed by atoms with Crippen LogP contribution in [0, 0.1) is 5.82 Å². The molecule has 0 spiro atoms. The first-order valence-electron chi connectivity index (χ1n) is 6.02. The topological polar surface area (TPSA) is 35.2 Å². The fraction of sp³-hybridized carbons (Fsp3) is 0.200. The number of halogens is 2. The lowest BCUT2D eigenvalue weighted by Gasteiger charge is -2.13. The van der Waals surface area contributed by atoms with Gasteiger partial charge in [-0.25, -0.2) is 4.39 Å². The minimum absolute atomic E-state index is 0.0525. The second-order valence-corrected chi connectivity index (χ2v) is 5.41. The molecule has 0 bridgehead atoms. The van der Waals surface area contributed by atoms with Crippen LogP contribution in [0.25, 0.3) is 0 Å². The van der Waals surface area contributed by atoms with Gasteiger partial charge in [0.25, 0.3) is 0 Å². The molecule has 0 saturated heterocycles. The molecule has 4 heteroatoms. The molecule has 0 amide bonds. The Balaban J connectivity index is 2.27. The summed E-state index contributed by atoms with van der Waals surface area (Å²) >= 11 is 3.42. The molecular weight excluding hydrogens is 309 g/mol. The number of nitrogens with two attached hydrogens (primary N) is 1. The van der Waals surface area contributed by atoms with Gasteiger partial charge in [0.15, 0.2) is 0 Å². The summed E-state index contributed by atoms with van der Waals surface area (Å²) in [6.45, 7) is 1.95. The van der Waals surface area contributed by atoms with Gasteiger partial charge in [-0.3, -0.25) is 0 Å². The lowest BCUT2D eigenvalue weighted by molar-refractivity contribution is 0.471. The van der Waals surface area contributed by atoms with Gasteiger partial charge in [0.2, 0.25) is 0 Å². The van der Waals surface area contributed by atoms with Crippen LogP contribution in [0.4, 0.5) is 4.39 Å². The highest BCUT2D eigenvalue weighted by Crippen LogP contribution is 2.29. The van der Waals surface area contributed by atoms with Crippen LogP contribution in [0.2, 0.25) is 0 Å². The molecule has 0 radical (unpaired) electrons. The average molecular weight is 324 g/mol. The van der Waals surface area contributed by atoms with Crippen LogP contribution in [0.1, 0.15) is 12.5 Å². The maximum Gasteiger partial charge on any atom is 0.131 e. The molecule has 0 aliphatic carbocycles. The molecule has 0 heterocycles. The Kier molecular flexibility index (Phi) is 4.56. The van der Waals surface area contributed by atoms with Crippen molar-refractivity contribution < 1.29 is 9.13 Å². The number of hydrogen-bond acceptors (Lipinski definition) is 2. The van der Waals surface area contributed by atoms with E-state index in [0.29, 0.717) is 5.75 Å². The Bertz CT molecular complexity index is 555. The van der Waals surface area contributed by atoms with E-state index in [4.69, 9.17) is 10.5 Å². The van der Waals surface area contributed by atoms with Gasteiger partial charge < -0.3 is 10.5 Å². The molecule has 1 atom stereocenters. The van der Waals surface area contributed by atoms with Crippen molar-refractivity contribution in [1.29, 1.82) is 0 Å². The van der Waals surface area contributed by atoms with Gasteiger partial charge >= 0.3 is 0 Å². The quantitative estimate of drug-likeness (QED) is 0.911. The van der Waals surface area contributed by atoms with Crippen LogP contribution in [-0.2, 0) is 6.42 Å². The molecule has 0 fully saturated rings. The van der Waals surface area contributed by atoms with Gasteiger partial charge in [-0.15, -0.1) is 0 Å². The summed E-state index contributed by atoms with van der Waals surface area (Å²) in [5, 5.41) is 0. The first-order chi connectivity index (χ1) is 9.04. The molecule has 100 valence electrons. The van der Waals surface area contributed by atoms with Crippen molar-refractivity contribution in [2.45, 2.75) is 19.4 Å². The molecule has 1 unspecified atom stereocenters. The highest BCUT2D eigenvalue weighted by molar-refractivity contribution is 9.10. The van der Waals surface area contributed by atoms with Crippen molar-refractivity contribution >= 4 is 15.9 Å². The second-order valence-electron chi connectivity index (χ2n) is 4.49. The smallest absolute Gasteiger partial charge is 0.131 e. The summed E-state index contributed by atoms with van der Waals surface area (Å²) in [6.07, 6.45) is 0.726. The molecule has 2 aromatic rings. The van der Waals surface area contributed by atoms with Crippen LogP contribution in [-0.4, -0.2) is 6.04 Å². The number of hydrogen-bond donors (Lipinski definition) is 1. The highest BCUT2D eigenvalue weighted by Gasteiger charge is 2.08. The van der Waals surface area contributed by atoms with Gasteiger partial charge in [0.1, 0.15) is 17.3 Å². The highest BCUT2D eigenvalue weighted by atomic mass is 79.9. The lowest BCUT2D eigenvalue weighted by atomic mass is 10.1. The molecule has 19 heavy (non-hydrogen) atoms. The predicted octanol–water partition coefficient (Wildman–Crippen LogP) is 4.27. The van der Waals surface area contributed by atoms with Crippen molar-refractivity contribution in [3.63, 3.8) is 0 Å². The van der Waals surface area contributed by atoms with Crippen LogP contribution >= 0.6 is 15.9 Å². The average Bonchev–Trinajstić information content (AvgIpc) is 2.35. The second kappa shape index (κ2) is 6.17. The van der Waals surface area contributed by atoms with E-state index in [1.807, 2.05) is 25.1 Å². The minimum atomic E-state index is -0.280. The zero-order valence-corrected chi connectivity index (χ0v) is 12.2. The summed E-state index contributed by atoms with van der Waals surface area (Å²) in [7, 11) is 0. The molecule has 2 N–H and O–H groups in total. The molecule has 2 rings (SSSR count). The number of rotatable bonds is 4. The monoisotopic (exact) mass is 323 g/mol. The van der Waals surface area contributed by atoms with E-state index in [1.54, 1.807) is 12.1 Å². The van der Waals surface area contributed by atoms with E-state index in [9.17, 15) is 4.39 Å². The zero-order valence-electron chi connectivity index (χ0n) is 10.6. The van der Waals surface area contributed by atoms with Crippen LogP contribution in [0.3, 0.4) is 0 Å². The van der Waals surface area contributed by atoms with Gasteiger partial charge in [-0.05, 0) is 55.3 Å². The summed E-state index contributed by atoms with van der Waals surface area (Å²) in [4.78, 5) is 0. The van der Waals surface area contributed by atoms with Crippen LogP contribution in [0.15, 0.2) is 46.9 Å². The SMILES string of the molecule is CC(N)Cc1ccc(Br)cc1Oc1ccc(F)cc1. The van der Waals surface area contributed by atoms with E-state index in [0.717, 1.165) is 22.2 Å². The van der Waals surface area contributed by atoms with Crippen molar-refractivity contribution in [3.05, 3.63) is 58.3 Å². The largest absolute Gasteiger partial charge is 0.457 e. The lowest BCUT2D eigenvalue weighted by Crippen LogP contribution is -2.18. The Labute approximate surface area is 120 Å². The molecule has 0 aliphatic heterocycles. The summed E-state index contributed by atoms with van der Waals surface area (Å²) < 4.78 is 19.6. The van der Waals surface area contributed by atoms with Crippen molar-refractivity contribution in [2.24, 2.45) is 5.73 Å². The first-order valence-corrected chi connectivity index (χ1v) is 6.81. The van der Waals surface area contributed by atoms with Crippen molar-refractivity contribution in [1.82, 2.24) is 0 Å². The van der Waals surface area contributed by atoms with Gasteiger partial charge in [0.05, 0.1) is 0 Å². The van der Waals surface area contributed by atoms with E-state index < -0.39 is 0 Å². The summed E-state index contributed by atoms with van der Waals surface area (Å²) in [5.41, 5.74) is 6.86. The third-order valence-electron chi connectivity index (χ3n) is 2.61. The fourth-order valence-electron chi connectivity index (χ4n) is 1.77. The van der Waals surface area contributed by atoms with Crippen molar-refractivity contribution in [2.75, 3.05) is 0 Å². The predicted molar refractivity (Wildman–Crippen MR) is 78.0 cm³/mol. The molecule has 0 aliphatic rings. The van der Waals surface area contributed by atoms with E-state index >= 15 is 0 Å². The Morgan fingerprint density at radius 2 is 1.89 bits per heavy atom. The molecule has 2 nitrogen and oxygen atoms in total. The summed E-state index contributed by atoms with van der Waals surface area (Å²) in [6, 6.07) is 11.8. The Hall–Kier alpha value is -1.39. The zero-order chi connectivity index (χ0) is 13.8. The third kappa shape index (κ3) is 4.04.